The summed E-state index contributed by atoms with van der Waals surface area (Å²) in [5, 5.41) is 0. The largest absolute Gasteiger partial charge is 0.343 e. The Kier molecular flexibility index (Phi) is 14.2. The van der Waals surface area contributed by atoms with E-state index < -0.39 is 0 Å². The third kappa shape index (κ3) is 11.3. The highest BCUT2D eigenvalue weighted by Crippen LogP contribution is 2.37. The van der Waals surface area contributed by atoms with E-state index in [-0.39, 0.29) is 11.8 Å². The molecule has 2 aliphatic rings. The van der Waals surface area contributed by atoms with Crippen molar-refractivity contribution in [3.05, 3.63) is 118 Å². The normalized spacial score (nSPS) is 18.0. The molecule has 4 nitrogen and oxygen atoms in total. The standard InChI is InChI=1S/C47H58N2O2S2/c1-34-20-22-42(36(3)30-34)52-44-16-7-5-14-40(44)32-38-12-10-26-48(28-24-38)46(50)18-9-19-47(51)49-27-11-13-39(25-29-49)33-41-15-6-8-17-45(41)53-43-23-21-35(2)31-37(43)4/h5-8,14-17,20-23,30-31,38-39H,9-13,18-19,24-29,32-33H2,1-4H3. The van der Waals surface area contributed by atoms with Crippen LogP contribution in [0.25, 0.3) is 0 Å². The van der Waals surface area contributed by atoms with E-state index in [1.54, 1.807) is 0 Å². The lowest BCUT2D eigenvalue weighted by Gasteiger charge is -2.22. The Morgan fingerprint density at radius 2 is 0.981 bits per heavy atom. The predicted octanol–water partition coefficient (Wildman–Crippen LogP) is 11.4. The number of likely N-dealkylation sites (tertiary alicyclic amines) is 2. The van der Waals surface area contributed by atoms with Gasteiger partial charge in [-0.2, -0.15) is 0 Å². The fraction of sp³-hybridized carbons (Fsp3) is 0.447. The summed E-state index contributed by atoms with van der Waals surface area (Å²) in [6.45, 7) is 12.0. The molecule has 2 aliphatic heterocycles. The highest BCUT2D eigenvalue weighted by molar-refractivity contribution is 7.99. The number of carbonyl (C=O) groups excluding carboxylic acids is 2. The molecule has 2 unspecified atom stereocenters. The van der Waals surface area contributed by atoms with Gasteiger partial charge < -0.3 is 9.80 Å². The number of amides is 2. The van der Waals surface area contributed by atoms with Crippen molar-refractivity contribution < 1.29 is 9.59 Å². The van der Waals surface area contributed by atoms with Crippen molar-refractivity contribution in [2.75, 3.05) is 26.2 Å². The molecule has 2 fully saturated rings. The number of nitrogens with zero attached hydrogens (tertiary/aromatic N) is 2. The Labute approximate surface area is 327 Å². The van der Waals surface area contributed by atoms with Gasteiger partial charge in [0.15, 0.2) is 0 Å². The fourth-order valence-corrected chi connectivity index (χ4v) is 10.2. The fourth-order valence-electron chi connectivity index (χ4n) is 8.18. The first kappa shape index (κ1) is 39.2. The molecule has 0 aromatic heterocycles. The van der Waals surface area contributed by atoms with Crippen LogP contribution in [0, 0.1) is 39.5 Å². The van der Waals surface area contributed by atoms with Gasteiger partial charge in [-0.25, -0.2) is 0 Å². The Morgan fingerprint density at radius 3 is 1.42 bits per heavy atom. The molecule has 0 bridgehead atoms. The van der Waals surface area contributed by atoms with Crippen LogP contribution in [-0.4, -0.2) is 47.8 Å². The maximum absolute atomic E-state index is 13.3. The van der Waals surface area contributed by atoms with Crippen molar-refractivity contribution >= 4 is 35.3 Å². The van der Waals surface area contributed by atoms with Crippen LogP contribution in [0.5, 0.6) is 0 Å². The molecule has 2 atom stereocenters. The molecule has 4 aromatic rings. The number of hydrogen-bond acceptors (Lipinski definition) is 4. The van der Waals surface area contributed by atoms with Crippen LogP contribution in [0.3, 0.4) is 0 Å². The molecule has 0 saturated carbocycles. The SMILES string of the molecule is Cc1ccc(Sc2ccccc2CC2CCCN(C(=O)CCCC(=O)N3CCCC(Cc4ccccc4Sc4ccc(C)cc4C)CC3)CC2)c(C)c1. The Hall–Kier alpha value is -3.48. The van der Waals surface area contributed by atoms with Crippen LogP contribution in [0.1, 0.15) is 91.2 Å². The summed E-state index contributed by atoms with van der Waals surface area (Å²) >= 11 is 3.75. The average molecular weight is 747 g/mol. The molecule has 53 heavy (non-hydrogen) atoms. The summed E-state index contributed by atoms with van der Waals surface area (Å²) < 4.78 is 0. The molecular weight excluding hydrogens is 689 g/mol. The molecule has 0 radical (unpaired) electrons. The van der Waals surface area contributed by atoms with E-state index in [1.807, 2.05) is 23.5 Å². The summed E-state index contributed by atoms with van der Waals surface area (Å²) in [6.07, 6.45) is 10.2. The van der Waals surface area contributed by atoms with Gasteiger partial charge in [0.2, 0.25) is 11.8 Å². The minimum absolute atomic E-state index is 0.220. The highest BCUT2D eigenvalue weighted by Gasteiger charge is 2.24. The van der Waals surface area contributed by atoms with Gasteiger partial charge in [0.1, 0.15) is 0 Å². The van der Waals surface area contributed by atoms with E-state index in [9.17, 15) is 9.59 Å². The van der Waals surface area contributed by atoms with Gasteiger partial charge in [-0.05, 0) is 144 Å². The average Bonchev–Trinajstić information content (AvgIpc) is 3.53. The lowest BCUT2D eigenvalue weighted by atomic mass is 9.93. The van der Waals surface area contributed by atoms with Gasteiger partial charge in [0.25, 0.3) is 0 Å². The smallest absolute Gasteiger partial charge is 0.222 e. The van der Waals surface area contributed by atoms with E-state index in [2.05, 4.69) is 122 Å². The van der Waals surface area contributed by atoms with Gasteiger partial charge in [-0.15, -0.1) is 0 Å². The summed E-state index contributed by atoms with van der Waals surface area (Å²) in [5.74, 6) is 1.59. The second kappa shape index (κ2) is 19.2. The zero-order valence-corrected chi connectivity index (χ0v) is 34.0. The molecule has 0 aliphatic carbocycles. The van der Waals surface area contributed by atoms with Crippen molar-refractivity contribution in [1.29, 1.82) is 0 Å². The number of rotatable bonds is 12. The summed E-state index contributed by atoms with van der Waals surface area (Å²) in [7, 11) is 0. The van der Waals surface area contributed by atoms with E-state index in [4.69, 9.17) is 0 Å². The van der Waals surface area contributed by atoms with Gasteiger partial charge in [0.05, 0.1) is 0 Å². The Bertz CT molecular complexity index is 1720. The summed E-state index contributed by atoms with van der Waals surface area (Å²) in [6, 6.07) is 31.1. The molecule has 0 spiro atoms. The second-order valence-corrected chi connectivity index (χ2v) is 17.7. The zero-order chi connectivity index (χ0) is 37.2. The zero-order valence-electron chi connectivity index (χ0n) is 32.4. The monoisotopic (exact) mass is 746 g/mol. The van der Waals surface area contributed by atoms with Crippen molar-refractivity contribution in [3.8, 4) is 0 Å². The van der Waals surface area contributed by atoms with E-state index >= 15 is 0 Å². The minimum atomic E-state index is 0.220. The first-order valence-electron chi connectivity index (χ1n) is 19.9. The van der Waals surface area contributed by atoms with E-state index in [0.717, 1.165) is 77.5 Å². The lowest BCUT2D eigenvalue weighted by molar-refractivity contribution is -0.132. The molecule has 2 saturated heterocycles. The molecule has 6 rings (SSSR count). The molecule has 2 heterocycles. The van der Waals surface area contributed by atoms with Crippen LogP contribution in [0.15, 0.2) is 105 Å². The molecule has 280 valence electrons. The number of aryl methyl sites for hydroxylation is 4. The van der Waals surface area contributed by atoms with Crippen LogP contribution in [0.2, 0.25) is 0 Å². The van der Waals surface area contributed by atoms with Gasteiger partial charge in [0, 0.05) is 58.6 Å². The van der Waals surface area contributed by atoms with Crippen LogP contribution < -0.4 is 0 Å². The molecule has 6 heteroatoms. The third-order valence-electron chi connectivity index (χ3n) is 11.2. The number of benzene rings is 4. The lowest BCUT2D eigenvalue weighted by Crippen LogP contribution is -2.33. The second-order valence-electron chi connectivity index (χ2n) is 15.6. The van der Waals surface area contributed by atoms with Gasteiger partial charge in [-0.3, -0.25) is 9.59 Å². The predicted molar refractivity (Wildman–Crippen MR) is 222 cm³/mol. The minimum Gasteiger partial charge on any atom is -0.343 e. The Morgan fingerprint density at radius 1 is 0.547 bits per heavy atom. The topological polar surface area (TPSA) is 40.6 Å². The number of hydrogen-bond donors (Lipinski definition) is 0. The molecule has 2 amide bonds. The van der Waals surface area contributed by atoms with Crippen molar-refractivity contribution in [3.63, 3.8) is 0 Å². The molecular formula is C47H58N2O2S2. The van der Waals surface area contributed by atoms with Gasteiger partial charge in [-0.1, -0.05) is 95.3 Å². The van der Waals surface area contributed by atoms with Gasteiger partial charge >= 0.3 is 0 Å². The maximum Gasteiger partial charge on any atom is 0.222 e. The molecule has 0 N–H and O–H groups in total. The number of carbonyl (C=O) groups is 2. The summed E-state index contributed by atoms with van der Waals surface area (Å²) in [4.78, 5) is 36.1. The van der Waals surface area contributed by atoms with Crippen LogP contribution in [0.4, 0.5) is 0 Å². The van der Waals surface area contributed by atoms with Crippen LogP contribution >= 0.6 is 23.5 Å². The quantitative estimate of drug-likeness (QED) is 0.145. The summed E-state index contributed by atoms with van der Waals surface area (Å²) in [5.41, 5.74) is 8.08. The first-order valence-corrected chi connectivity index (χ1v) is 21.6. The van der Waals surface area contributed by atoms with Crippen LogP contribution in [-0.2, 0) is 22.4 Å². The first-order chi connectivity index (χ1) is 25.7. The third-order valence-corrected chi connectivity index (χ3v) is 13.8. The van der Waals surface area contributed by atoms with Crippen molar-refractivity contribution in [2.24, 2.45) is 11.8 Å². The van der Waals surface area contributed by atoms with Crippen molar-refractivity contribution in [2.45, 2.75) is 118 Å². The van der Waals surface area contributed by atoms with E-state index in [0.29, 0.717) is 31.1 Å². The molecule has 4 aromatic carbocycles. The maximum atomic E-state index is 13.3. The Balaban J connectivity index is 0.929. The van der Waals surface area contributed by atoms with Crippen molar-refractivity contribution in [1.82, 2.24) is 9.80 Å². The van der Waals surface area contributed by atoms with E-state index in [1.165, 1.54) is 53.0 Å². The highest BCUT2D eigenvalue weighted by atomic mass is 32.2.